The van der Waals surface area contributed by atoms with E-state index in [0.29, 0.717) is 44.6 Å². The van der Waals surface area contributed by atoms with Gasteiger partial charge in [0.15, 0.2) is 0 Å². The van der Waals surface area contributed by atoms with Crippen molar-refractivity contribution >= 4 is 29.8 Å². The maximum atomic E-state index is 13.7. The summed E-state index contributed by atoms with van der Waals surface area (Å²) in [7, 11) is 1.32. The number of fused-ring (bicyclic) bond motifs is 1. The third-order valence-corrected chi connectivity index (χ3v) is 9.42. The molecule has 4 unspecified atom stereocenters. The summed E-state index contributed by atoms with van der Waals surface area (Å²) in [5.74, 6) is -2.92. The Labute approximate surface area is 283 Å². The molecule has 1 aromatic rings. The van der Waals surface area contributed by atoms with Gasteiger partial charge in [0.05, 0.1) is 13.7 Å². The van der Waals surface area contributed by atoms with Gasteiger partial charge in [-0.15, -0.1) is 6.58 Å². The van der Waals surface area contributed by atoms with Gasteiger partial charge in [0, 0.05) is 43.5 Å². The van der Waals surface area contributed by atoms with Crippen molar-refractivity contribution in [3.05, 3.63) is 47.8 Å². The summed E-state index contributed by atoms with van der Waals surface area (Å²) in [6.45, 7) is 13.1. The zero-order chi connectivity index (χ0) is 35.6. The molecule has 0 spiro atoms. The minimum absolute atomic E-state index is 0.0542. The van der Waals surface area contributed by atoms with E-state index in [1.807, 2.05) is 26.8 Å². The average Bonchev–Trinajstić information content (AvgIpc) is 3.73. The van der Waals surface area contributed by atoms with E-state index in [1.54, 1.807) is 17.9 Å². The number of rotatable bonds is 10. The van der Waals surface area contributed by atoms with Crippen molar-refractivity contribution in [3.63, 3.8) is 0 Å². The molecular formula is C36H53FN4O7. The molecule has 11 nitrogen and oxygen atoms in total. The second kappa shape index (κ2) is 17.4. The zero-order valence-electron chi connectivity index (χ0n) is 29.1. The summed E-state index contributed by atoms with van der Waals surface area (Å²) in [5.41, 5.74) is 1.40. The van der Waals surface area contributed by atoms with Crippen LogP contribution >= 0.6 is 0 Å². The summed E-state index contributed by atoms with van der Waals surface area (Å²) in [6.07, 6.45) is 7.40. The van der Waals surface area contributed by atoms with E-state index in [4.69, 9.17) is 0 Å². The number of ether oxygens (including phenoxy) is 1. The number of hydrogen-bond acceptors (Lipinski definition) is 6. The van der Waals surface area contributed by atoms with Gasteiger partial charge >= 0.3 is 12.1 Å². The van der Waals surface area contributed by atoms with E-state index in [0.717, 1.165) is 37.7 Å². The number of carbonyl (C=O) groups is 5. The van der Waals surface area contributed by atoms with Gasteiger partial charge in [-0.05, 0) is 48.6 Å². The summed E-state index contributed by atoms with van der Waals surface area (Å²) >= 11 is 0. The van der Waals surface area contributed by atoms with Gasteiger partial charge in [-0.25, -0.2) is 14.0 Å². The highest BCUT2D eigenvalue weighted by atomic mass is 19.1. The number of carboxylic acid groups (broad SMARTS) is 1. The summed E-state index contributed by atoms with van der Waals surface area (Å²) in [4.78, 5) is 65.4. The van der Waals surface area contributed by atoms with E-state index < -0.39 is 41.9 Å². The normalized spacial score (nSPS) is 19.6. The molecule has 3 N–H and O–H groups in total. The Hall–Kier alpha value is -3.96. The first-order valence-corrected chi connectivity index (χ1v) is 17.0. The number of likely N-dealkylation sites (tertiary alicyclic amines) is 1. The fraction of sp³-hybridized carbons (Fsp3) is 0.639. The van der Waals surface area contributed by atoms with Gasteiger partial charge in [0.2, 0.25) is 17.7 Å². The molecule has 4 rings (SSSR count). The van der Waals surface area contributed by atoms with Crippen molar-refractivity contribution < 1.29 is 38.2 Å². The van der Waals surface area contributed by atoms with Crippen LogP contribution in [0.15, 0.2) is 30.9 Å². The fourth-order valence-corrected chi connectivity index (χ4v) is 6.59. The second-order valence-electron chi connectivity index (χ2n) is 14.4. The van der Waals surface area contributed by atoms with Gasteiger partial charge in [0.25, 0.3) is 0 Å². The molecule has 12 heteroatoms. The SMILES string of the molecule is C=CC(C)C(NC(=O)C1CCCN1C(=O)C(CC(=O)NCC(C)(C)C)C1CCCCC1)C(=O)O.COC(=O)N1Cc2cccc(F)c2C1. The van der Waals surface area contributed by atoms with Crippen LogP contribution in [-0.4, -0.2) is 77.0 Å². The van der Waals surface area contributed by atoms with E-state index in [9.17, 15) is 33.5 Å². The van der Waals surface area contributed by atoms with E-state index in [-0.39, 0.29) is 35.4 Å². The molecule has 3 aliphatic rings. The predicted molar refractivity (Wildman–Crippen MR) is 179 cm³/mol. The molecule has 48 heavy (non-hydrogen) atoms. The lowest BCUT2D eigenvalue weighted by atomic mass is 9.77. The maximum absolute atomic E-state index is 13.7. The van der Waals surface area contributed by atoms with Crippen molar-refractivity contribution in [3.8, 4) is 0 Å². The zero-order valence-corrected chi connectivity index (χ0v) is 29.1. The van der Waals surface area contributed by atoms with Crippen LogP contribution in [0.4, 0.5) is 9.18 Å². The lowest BCUT2D eigenvalue weighted by molar-refractivity contribution is -0.147. The van der Waals surface area contributed by atoms with Crippen LogP contribution in [0, 0.1) is 29.0 Å². The third-order valence-electron chi connectivity index (χ3n) is 9.42. The predicted octanol–water partition coefficient (Wildman–Crippen LogP) is 5.03. The van der Waals surface area contributed by atoms with Crippen molar-refractivity contribution in [2.75, 3.05) is 20.2 Å². The summed E-state index contributed by atoms with van der Waals surface area (Å²) < 4.78 is 17.8. The minimum Gasteiger partial charge on any atom is -0.480 e. The highest BCUT2D eigenvalue weighted by Gasteiger charge is 2.42. The molecule has 4 atom stereocenters. The monoisotopic (exact) mass is 672 g/mol. The molecule has 1 aliphatic carbocycles. The van der Waals surface area contributed by atoms with Crippen LogP contribution in [0.1, 0.15) is 90.2 Å². The number of nitrogens with one attached hydrogen (secondary N) is 2. The molecule has 266 valence electrons. The van der Waals surface area contributed by atoms with Crippen LogP contribution < -0.4 is 10.6 Å². The molecule has 1 aromatic carbocycles. The molecule has 4 amide bonds. The summed E-state index contributed by atoms with van der Waals surface area (Å²) in [5, 5.41) is 15.1. The van der Waals surface area contributed by atoms with Crippen LogP contribution in [0.25, 0.3) is 0 Å². The van der Waals surface area contributed by atoms with Crippen molar-refractivity contribution in [2.45, 2.75) is 104 Å². The van der Waals surface area contributed by atoms with Crippen molar-refractivity contribution in [2.24, 2.45) is 23.2 Å². The quantitative estimate of drug-likeness (QED) is 0.296. The molecule has 2 fully saturated rings. The molecular weight excluding hydrogens is 619 g/mol. The Morgan fingerprint density at radius 1 is 1.08 bits per heavy atom. The van der Waals surface area contributed by atoms with Gasteiger partial charge in [-0.3, -0.25) is 19.3 Å². The molecule has 2 aliphatic heterocycles. The first-order valence-electron chi connectivity index (χ1n) is 17.0. The standard InChI is InChI=1S/C26H43N3O5.C10H10FNO2/c1-6-17(2)22(25(33)34)28-23(31)20-13-10-14-29(20)24(32)19(18-11-8-7-9-12-18)15-21(30)27-16-26(3,4)5;1-14-10(13)12-5-7-3-2-4-9(11)8(7)6-12/h6,17-20,22H,1,7-16H2,2-5H3,(H,27,30)(H,28,31)(H,33,34);2-4H,5-6H2,1H3. The highest BCUT2D eigenvalue weighted by molar-refractivity contribution is 5.93. The van der Waals surface area contributed by atoms with E-state index in [2.05, 4.69) is 21.9 Å². The number of hydrogen-bond donors (Lipinski definition) is 3. The van der Waals surface area contributed by atoms with Crippen LogP contribution in [0.5, 0.6) is 0 Å². The number of benzene rings is 1. The van der Waals surface area contributed by atoms with E-state index >= 15 is 0 Å². The van der Waals surface area contributed by atoms with Gasteiger partial charge < -0.3 is 25.4 Å². The average molecular weight is 673 g/mol. The largest absolute Gasteiger partial charge is 0.480 e. The van der Waals surface area contributed by atoms with Crippen molar-refractivity contribution in [1.82, 2.24) is 20.4 Å². The molecule has 2 heterocycles. The topological polar surface area (TPSA) is 145 Å². The molecule has 0 aromatic heterocycles. The Morgan fingerprint density at radius 2 is 1.77 bits per heavy atom. The Bertz CT molecular complexity index is 1320. The van der Waals surface area contributed by atoms with Crippen LogP contribution in [0.2, 0.25) is 0 Å². The highest BCUT2D eigenvalue weighted by Crippen LogP contribution is 2.35. The lowest BCUT2D eigenvalue weighted by Gasteiger charge is -2.34. The molecule has 1 saturated heterocycles. The van der Waals surface area contributed by atoms with Crippen LogP contribution in [0.3, 0.4) is 0 Å². The molecule has 1 saturated carbocycles. The number of aliphatic carboxylic acids is 1. The Morgan fingerprint density at radius 3 is 2.35 bits per heavy atom. The Kier molecular flexibility index (Phi) is 14.0. The fourth-order valence-electron chi connectivity index (χ4n) is 6.59. The first kappa shape index (κ1) is 38.5. The molecule has 0 bridgehead atoms. The number of methoxy groups -OCH3 is 1. The first-order chi connectivity index (χ1) is 22.7. The summed E-state index contributed by atoms with van der Waals surface area (Å²) in [6, 6.07) is 3.06. The van der Waals surface area contributed by atoms with Crippen LogP contribution in [-0.2, 0) is 37.0 Å². The number of nitrogens with zero attached hydrogens (tertiary/aromatic N) is 2. The number of amides is 4. The van der Waals surface area contributed by atoms with Gasteiger partial charge in [-0.2, -0.15) is 0 Å². The van der Waals surface area contributed by atoms with Gasteiger partial charge in [0.1, 0.15) is 17.9 Å². The second-order valence-corrected chi connectivity index (χ2v) is 14.4. The number of carbonyl (C=O) groups excluding carboxylic acids is 4. The van der Waals surface area contributed by atoms with Gasteiger partial charge in [-0.1, -0.05) is 65.2 Å². The molecule has 0 radical (unpaired) electrons. The van der Waals surface area contributed by atoms with E-state index in [1.165, 1.54) is 24.2 Å². The number of carboxylic acids is 1. The lowest BCUT2D eigenvalue weighted by Crippen LogP contribution is -2.54. The third kappa shape index (κ3) is 10.5. The maximum Gasteiger partial charge on any atom is 0.410 e. The number of halogens is 1. The smallest absolute Gasteiger partial charge is 0.410 e. The van der Waals surface area contributed by atoms with Crippen molar-refractivity contribution in [1.29, 1.82) is 0 Å². The minimum atomic E-state index is -1.13. The Balaban J connectivity index is 0.000000368.